The maximum Gasteiger partial charge on any atom is 0.137 e. The molecule has 5 aromatic carbocycles. The monoisotopic (exact) mass is 586 g/mol. The molecular formula is C40H34N4O. The van der Waals surface area contributed by atoms with Crippen molar-refractivity contribution in [3.8, 4) is 17.3 Å². The van der Waals surface area contributed by atoms with Gasteiger partial charge in [0.15, 0.2) is 0 Å². The SMILES string of the molecule is CC(C)(C)c1ccnc(-n2c3ccccc3c3cc(Oc4cccc(N5CN(c6ccccc6)c6ccccc65)c4)ccc32)c1. The molecule has 0 saturated carbocycles. The molecule has 1 aliphatic heterocycles. The zero-order chi connectivity index (χ0) is 30.5. The number of anilines is 4. The van der Waals surface area contributed by atoms with Crippen LogP contribution in [0.15, 0.2) is 140 Å². The van der Waals surface area contributed by atoms with Crippen molar-refractivity contribution in [1.29, 1.82) is 0 Å². The Balaban J connectivity index is 1.15. The molecule has 0 N–H and O–H groups in total. The second-order valence-corrected chi connectivity index (χ2v) is 12.6. The Labute approximate surface area is 263 Å². The van der Waals surface area contributed by atoms with Crippen LogP contribution in [0.1, 0.15) is 26.3 Å². The molecule has 7 aromatic rings. The van der Waals surface area contributed by atoms with Crippen LogP contribution in [0.5, 0.6) is 11.5 Å². The van der Waals surface area contributed by atoms with Gasteiger partial charge in [0, 0.05) is 34.4 Å². The smallest absolute Gasteiger partial charge is 0.137 e. The van der Waals surface area contributed by atoms with Gasteiger partial charge in [-0.25, -0.2) is 4.98 Å². The first kappa shape index (κ1) is 27.0. The summed E-state index contributed by atoms with van der Waals surface area (Å²) in [7, 11) is 0. The molecule has 220 valence electrons. The predicted octanol–water partition coefficient (Wildman–Crippen LogP) is 10.5. The highest BCUT2D eigenvalue weighted by Crippen LogP contribution is 2.45. The highest BCUT2D eigenvalue weighted by atomic mass is 16.5. The van der Waals surface area contributed by atoms with Crippen molar-refractivity contribution in [3.05, 3.63) is 145 Å². The largest absolute Gasteiger partial charge is 0.457 e. The molecule has 5 nitrogen and oxygen atoms in total. The van der Waals surface area contributed by atoms with Crippen molar-refractivity contribution in [1.82, 2.24) is 9.55 Å². The zero-order valence-corrected chi connectivity index (χ0v) is 25.7. The highest BCUT2D eigenvalue weighted by Gasteiger charge is 2.28. The number of fused-ring (bicyclic) bond motifs is 4. The van der Waals surface area contributed by atoms with E-state index in [0.29, 0.717) is 0 Å². The molecular weight excluding hydrogens is 552 g/mol. The van der Waals surface area contributed by atoms with Crippen molar-refractivity contribution >= 4 is 44.6 Å². The molecule has 8 rings (SSSR count). The molecule has 0 atom stereocenters. The van der Waals surface area contributed by atoms with Crippen LogP contribution in [0, 0.1) is 0 Å². The summed E-state index contributed by atoms with van der Waals surface area (Å²) in [5.41, 5.74) is 8.14. The maximum absolute atomic E-state index is 6.55. The number of pyridine rings is 1. The number of hydrogen-bond donors (Lipinski definition) is 0. The van der Waals surface area contributed by atoms with Crippen LogP contribution in [-0.4, -0.2) is 16.2 Å². The Morgan fingerprint density at radius 3 is 2.04 bits per heavy atom. The molecule has 1 aliphatic rings. The summed E-state index contributed by atoms with van der Waals surface area (Å²) in [6, 6.07) is 46.7. The van der Waals surface area contributed by atoms with E-state index < -0.39 is 0 Å². The van der Waals surface area contributed by atoms with Gasteiger partial charge < -0.3 is 14.5 Å². The number of hydrogen-bond acceptors (Lipinski definition) is 4. The maximum atomic E-state index is 6.55. The third kappa shape index (κ3) is 4.77. The fourth-order valence-corrected chi connectivity index (χ4v) is 6.38. The normalized spacial score (nSPS) is 13.0. The third-order valence-electron chi connectivity index (χ3n) is 8.66. The van der Waals surface area contributed by atoms with Gasteiger partial charge in [-0.15, -0.1) is 0 Å². The van der Waals surface area contributed by atoms with Crippen LogP contribution in [0.25, 0.3) is 27.6 Å². The summed E-state index contributed by atoms with van der Waals surface area (Å²) in [6.07, 6.45) is 1.92. The molecule has 2 aromatic heterocycles. The number of para-hydroxylation sites is 4. The van der Waals surface area contributed by atoms with E-state index in [2.05, 4.69) is 163 Å². The lowest BCUT2D eigenvalue weighted by molar-refractivity contribution is 0.483. The van der Waals surface area contributed by atoms with E-state index in [0.717, 1.165) is 46.1 Å². The third-order valence-corrected chi connectivity index (χ3v) is 8.66. The van der Waals surface area contributed by atoms with E-state index in [9.17, 15) is 0 Å². The molecule has 0 spiro atoms. The van der Waals surface area contributed by atoms with Gasteiger partial charge in [0.2, 0.25) is 0 Å². The molecule has 0 bridgehead atoms. The molecule has 0 unspecified atom stereocenters. The van der Waals surface area contributed by atoms with Crippen LogP contribution in [0.3, 0.4) is 0 Å². The van der Waals surface area contributed by atoms with Gasteiger partial charge in [-0.2, -0.15) is 0 Å². The van der Waals surface area contributed by atoms with Crippen LogP contribution >= 0.6 is 0 Å². The second-order valence-electron chi connectivity index (χ2n) is 12.6. The summed E-state index contributed by atoms with van der Waals surface area (Å²) < 4.78 is 8.81. The number of ether oxygens (including phenoxy) is 1. The summed E-state index contributed by atoms with van der Waals surface area (Å²) in [4.78, 5) is 9.48. The van der Waals surface area contributed by atoms with Crippen LogP contribution in [-0.2, 0) is 5.41 Å². The standard InChI is InChI=1S/C40H34N4O/c1-40(2,3)28-22-23-41-39(24-28)44-35-17-8-7-16-33(35)34-26-32(20-21-36(34)44)45-31-15-11-14-30(25-31)43-27-42(29-12-5-4-6-13-29)37-18-9-10-19-38(37)43/h4-26H,27H2,1-3H3. The Hall–Kier alpha value is -5.55. The molecule has 3 heterocycles. The van der Waals surface area contributed by atoms with Crippen molar-refractivity contribution < 1.29 is 4.74 Å². The Kier molecular flexibility index (Phi) is 6.35. The lowest BCUT2D eigenvalue weighted by atomic mass is 9.88. The topological polar surface area (TPSA) is 33.5 Å². The van der Waals surface area contributed by atoms with E-state index >= 15 is 0 Å². The number of rotatable bonds is 5. The molecule has 0 aliphatic carbocycles. The Bertz CT molecular complexity index is 2180. The molecule has 0 fully saturated rings. The number of benzene rings is 5. The first-order valence-corrected chi connectivity index (χ1v) is 15.4. The molecule has 0 amide bonds. The van der Waals surface area contributed by atoms with E-state index in [-0.39, 0.29) is 5.41 Å². The van der Waals surface area contributed by atoms with Gasteiger partial charge in [0.25, 0.3) is 0 Å². The van der Waals surface area contributed by atoms with Crippen molar-refractivity contribution in [2.75, 3.05) is 16.5 Å². The van der Waals surface area contributed by atoms with Gasteiger partial charge in [0.1, 0.15) is 24.0 Å². The van der Waals surface area contributed by atoms with Crippen LogP contribution in [0.2, 0.25) is 0 Å². The van der Waals surface area contributed by atoms with E-state index in [4.69, 9.17) is 9.72 Å². The van der Waals surface area contributed by atoms with Gasteiger partial charge in [-0.05, 0) is 83.8 Å². The lowest BCUT2D eigenvalue weighted by Gasteiger charge is -2.22. The fourth-order valence-electron chi connectivity index (χ4n) is 6.38. The summed E-state index contributed by atoms with van der Waals surface area (Å²) >= 11 is 0. The minimum atomic E-state index is 0.0307. The Morgan fingerprint density at radius 1 is 0.578 bits per heavy atom. The predicted molar refractivity (Wildman–Crippen MR) is 186 cm³/mol. The highest BCUT2D eigenvalue weighted by molar-refractivity contribution is 6.09. The minimum Gasteiger partial charge on any atom is -0.457 e. The fraction of sp³-hybridized carbons (Fsp3) is 0.125. The lowest BCUT2D eigenvalue weighted by Crippen LogP contribution is -2.23. The summed E-state index contributed by atoms with van der Waals surface area (Å²) in [5.74, 6) is 2.52. The average Bonchev–Trinajstić information content (AvgIpc) is 3.61. The molecule has 45 heavy (non-hydrogen) atoms. The van der Waals surface area contributed by atoms with Gasteiger partial charge >= 0.3 is 0 Å². The number of aromatic nitrogens is 2. The molecule has 5 heteroatoms. The quantitative estimate of drug-likeness (QED) is 0.201. The van der Waals surface area contributed by atoms with Gasteiger partial charge in [-0.3, -0.25) is 4.57 Å². The first-order chi connectivity index (χ1) is 21.9. The molecule has 0 saturated heterocycles. The van der Waals surface area contributed by atoms with Gasteiger partial charge in [0.05, 0.1) is 22.4 Å². The van der Waals surface area contributed by atoms with Gasteiger partial charge in [-0.1, -0.05) is 75.4 Å². The minimum absolute atomic E-state index is 0.0307. The average molecular weight is 587 g/mol. The van der Waals surface area contributed by atoms with Crippen molar-refractivity contribution in [2.45, 2.75) is 26.2 Å². The van der Waals surface area contributed by atoms with Crippen molar-refractivity contribution in [3.63, 3.8) is 0 Å². The van der Waals surface area contributed by atoms with Crippen LogP contribution < -0.4 is 14.5 Å². The van der Waals surface area contributed by atoms with E-state index in [1.807, 2.05) is 12.3 Å². The summed E-state index contributed by atoms with van der Waals surface area (Å²) in [5, 5.41) is 2.30. The zero-order valence-electron chi connectivity index (χ0n) is 25.7. The second kappa shape index (κ2) is 10.6. The van der Waals surface area contributed by atoms with E-state index in [1.165, 1.54) is 28.0 Å². The number of nitrogens with zero attached hydrogens (tertiary/aromatic N) is 4. The van der Waals surface area contributed by atoms with Crippen LogP contribution in [0.4, 0.5) is 22.7 Å². The molecule has 0 radical (unpaired) electrons. The summed E-state index contributed by atoms with van der Waals surface area (Å²) in [6.45, 7) is 7.43. The Morgan fingerprint density at radius 2 is 1.24 bits per heavy atom. The first-order valence-electron chi connectivity index (χ1n) is 15.4. The van der Waals surface area contributed by atoms with E-state index in [1.54, 1.807) is 0 Å². The van der Waals surface area contributed by atoms with Crippen molar-refractivity contribution in [2.24, 2.45) is 0 Å².